The fourth-order valence-electron chi connectivity index (χ4n) is 2.75. The zero-order valence-electron chi connectivity index (χ0n) is 14.5. The van der Waals surface area contributed by atoms with Gasteiger partial charge in [0.05, 0.1) is 11.4 Å². The van der Waals surface area contributed by atoms with Crippen molar-refractivity contribution in [3.05, 3.63) is 69.3 Å². The maximum atomic E-state index is 12.0. The number of carbonyl (C=O) groups excluding carboxylic acids is 1. The van der Waals surface area contributed by atoms with Gasteiger partial charge in [0, 0.05) is 34.3 Å². The number of thiazole rings is 1. The number of aromatic nitrogens is 2. The minimum atomic E-state index is -0.325. The molecule has 1 aromatic carbocycles. The Morgan fingerprint density at radius 2 is 2.22 bits per heavy atom. The molecule has 0 aliphatic heterocycles. The second-order valence-electron chi connectivity index (χ2n) is 5.94. The predicted octanol–water partition coefficient (Wildman–Crippen LogP) is 3.79. The second-order valence-corrected chi connectivity index (χ2v) is 7.80. The molecular weight excluding hydrogens is 384 g/mol. The SMILES string of the molecule is Cc1c(COC(=O)CSCc2cc(=O)n3ccsc3n2)oc2ccccc12. The predicted molar refractivity (Wildman–Crippen MR) is 106 cm³/mol. The van der Waals surface area contributed by atoms with Crippen LogP contribution in [-0.4, -0.2) is 21.1 Å². The molecule has 4 aromatic rings. The van der Waals surface area contributed by atoms with Gasteiger partial charge in [0.1, 0.15) is 18.0 Å². The van der Waals surface area contributed by atoms with E-state index in [0.29, 0.717) is 22.2 Å². The highest BCUT2D eigenvalue weighted by atomic mass is 32.2. The molecule has 0 saturated carbocycles. The van der Waals surface area contributed by atoms with Gasteiger partial charge in [0.25, 0.3) is 5.56 Å². The van der Waals surface area contributed by atoms with Crippen molar-refractivity contribution in [1.29, 1.82) is 0 Å². The van der Waals surface area contributed by atoms with Crippen LogP contribution in [0.15, 0.2) is 51.1 Å². The number of rotatable bonds is 6. The van der Waals surface area contributed by atoms with Gasteiger partial charge in [-0.2, -0.15) is 0 Å². The normalized spacial score (nSPS) is 11.3. The van der Waals surface area contributed by atoms with Crippen LogP contribution in [0.5, 0.6) is 0 Å². The van der Waals surface area contributed by atoms with Crippen molar-refractivity contribution in [1.82, 2.24) is 9.38 Å². The van der Waals surface area contributed by atoms with E-state index < -0.39 is 0 Å². The largest absolute Gasteiger partial charge is 0.457 e. The molecule has 0 radical (unpaired) electrons. The summed E-state index contributed by atoms with van der Waals surface area (Å²) >= 11 is 2.77. The smallest absolute Gasteiger partial charge is 0.316 e. The van der Waals surface area contributed by atoms with E-state index in [2.05, 4.69) is 4.98 Å². The zero-order valence-corrected chi connectivity index (χ0v) is 16.1. The first-order chi connectivity index (χ1) is 13.1. The van der Waals surface area contributed by atoms with Crippen molar-refractivity contribution in [3.63, 3.8) is 0 Å². The minimum Gasteiger partial charge on any atom is -0.457 e. The highest BCUT2D eigenvalue weighted by Gasteiger charge is 2.12. The molecule has 0 fully saturated rings. The average Bonchev–Trinajstić information content (AvgIpc) is 3.25. The summed E-state index contributed by atoms with van der Waals surface area (Å²) in [5.41, 5.74) is 2.32. The molecule has 8 heteroatoms. The molecule has 138 valence electrons. The average molecular weight is 400 g/mol. The van der Waals surface area contributed by atoms with Crippen molar-refractivity contribution in [2.24, 2.45) is 0 Å². The summed E-state index contributed by atoms with van der Waals surface area (Å²) < 4.78 is 12.6. The number of carbonyl (C=O) groups is 1. The highest BCUT2D eigenvalue weighted by Crippen LogP contribution is 2.25. The van der Waals surface area contributed by atoms with Crippen molar-refractivity contribution >= 4 is 45.0 Å². The van der Waals surface area contributed by atoms with Crippen LogP contribution >= 0.6 is 23.1 Å². The Morgan fingerprint density at radius 3 is 3.07 bits per heavy atom. The number of benzene rings is 1. The van der Waals surface area contributed by atoms with E-state index in [1.165, 1.54) is 33.6 Å². The van der Waals surface area contributed by atoms with Crippen LogP contribution in [0.25, 0.3) is 15.9 Å². The topological polar surface area (TPSA) is 73.8 Å². The van der Waals surface area contributed by atoms with Crippen molar-refractivity contribution in [3.8, 4) is 0 Å². The van der Waals surface area contributed by atoms with Gasteiger partial charge in [-0.05, 0) is 13.0 Å². The summed E-state index contributed by atoms with van der Waals surface area (Å²) in [6.45, 7) is 2.06. The summed E-state index contributed by atoms with van der Waals surface area (Å²) in [5.74, 6) is 0.994. The number of para-hydroxylation sites is 1. The number of hydrogen-bond acceptors (Lipinski definition) is 7. The number of aryl methyl sites for hydroxylation is 1. The van der Waals surface area contributed by atoms with Gasteiger partial charge < -0.3 is 9.15 Å². The monoisotopic (exact) mass is 400 g/mol. The number of hydrogen-bond donors (Lipinski definition) is 0. The zero-order chi connectivity index (χ0) is 18.8. The molecule has 4 rings (SSSR count). The molecule has 3 heterocycles. The Labute approximate surface area is 162 Å². The summed E-state index contributed by atoms with van der Waals surface area (Å²) in [7, 11) is 0. The first-order valence-electron chi connectivity index (χ1n) is 8.28. The lowest BCUT2D eigenvalue weighted by atomic mass is 10.1. The first-order valence-corrected chi connectivity index (χ1v) is 10.3. The minimum absolute atomic E-state index is 0.111. The molecule has 0 amide bonds. The Morgan fingerprint density at radius 1 is 1.37 bits per heavy atom. The molecule has 27 heavy (non-hydrogen) atoms. The number of nitrogens with zero attached hydrogens (tertiary/aromatic N) is 2. The molecule has 0 bridgehead atoms. The van der Waals surface area contributed by atoms with Gasteiger partial charge >= 0.3 is 5.97 Å². The molecular formula is C19H16N2O4S2. The van der Waals surface area contributed by atoms with Gasteiger partial charge in [-0.25, -0.2) is 4.98 Å². The number of fused-ring (bicyclic) bond motifs is 2. The van der Waals surface area contributed by atoms with Gasteiger partial charge in [-0.1, -0.05) is 18.2 Å². The fourth-order valence-corrected chi connectivity index (χ4v) is 4.20. The van der Waals surface area contributed by atoms with Crippen molar-refractivity contribution in [2.75, 3.05) is 5.75 Å². The van der Waals surface area contributed by atoms with Crippen LogP contribution in [0, 0.1) is 6.92 Å². The van der Waals surface area contributed by atoms with Crippen LogP contribution in [0.1, 0.15) is 17.0 Å². The third-order valence-electron chi connectivity index (χ3n) is 4.13. The van der Waals surface area contributed by atoms with E-state index in [4.69, 9.17) is 9.15 Å². The number of thioether (sulfide) groups is 1. The molecule has 3 aromatic heterocycles. The Hall–Kier alpha value is -2.58. The summed E-state index contributed by atoms with van der Waals surface area (Å²) in [5, 5.41) is 2.84. The molecule has 0 unspecified atom stereocenters. The third kappa shape index (κ3) is 3.77. The van der Waals surface area contributed by atoms with E-state index in [1.807, 2.05) is 36.6 Å². The van der Waals surface area contributed by atoms with E-state index >= 15 is 0 Å². The first kappa shape index (κ1) is 17.8. The quantitative estimate of drug-likeness (QED) is 0.459. The number of ether oxygens (including phenoxy) is 1. The lowest BCUT2D eigenvalue weighted by molar-refractivity contribution is -0.142. The van der Waals surface area contributed by atoms with Crippen LogP contribution in [-0.2, 0) is 21.9 Å². The fraction of sp³-hybridized carbons (Fsp3) is 0.211. The molecule has 6 nitrogen and oxygen atoms in total. The van der Waals surface area contributed by atoms with Crippen molar-refractivity contribution < 1.29 is 13.9 Å². The highest BCUT2D eigenvalue weighted by molar-refractivity contribution is 7.99. The Balaban J connectivity index is 1.31. The standard InChI is InChI=1S/C19H16N2O4S2/c1-12-14-4-2-3-5-15(14)25-16(12)9-24-18(23)11-26-10-13-8-17(22)21-6-7-27-19(21)20-13/h2-8H,9-11H2,1H3. The summed E-state index contributed by atoms with van der Waals surface area (Å²) in [6.07, 6.45) is 1.70. The second kappa shape index (κ2) is 7.58. The molecule has 0 N–H and O–H groups in total. The van der Waals surface area contributed by atoms with Gasteiger partial charge in [0.2, 0.25) is 0 Å². The lowest BCUT2D eigenvalue weighted by Crippen LogP contribution is -2.13. The van der Waals surface area contributed by atoms with Crippen molar-refractivity contribution in [2.45, 2.75) is 19.3 Å². The van der Waals surface area contributed by atoms with Crippen LogP contribution in [0.2, 0.25) is 0 Å². The Bertz CT molecular complexity index is 1180. The number of furan rings is 1. The van der Waals surface area contributed by atoms with E-state index in [-0.39, 0.29) is 23.9 Å². The van der Waals surface area contributed by atoms with Crippen LogP contribution in [0.4, 0.5) is 0 Å². The third-order valence-corrected chi connectivity index (χ3v) is 5.83. The Kier molecular flexibility index (Phi) is 5.00. The number of esters is 1. The van der Waals surface area contributed by atoms with Gasteiger partial charge in [-0.3, -0.25) is 14.0 Å². The molecule has 0 spiro atoms. The molecule has 0 saturated heterocycles. The van der Waals surface area contributed by atoms with Crippen LogP contribution in [0.3, 0.4) is 0 Å². The van der Waals surface area contributed by atoms with Gasteiger partial charge in [0.15, 0.2) is 4.96 Å². The maximum absolute atomic E-state index is 12.0. The van der Waals surface area contributed by atoms with E-state index in [0.717, 1.165) is 16.5 Å². The lowest BCUT2D eigenvalue weighted by Gasteiger charge is -2.04. The van der Waals surface area contributed by atoms with E-state index in [9.17, 15) is 9.59 Å². The van der Waals surface area contributed by atoms with Crippen LogP contribution < -0.4 is 5.56 Å². The van der Waals surface area contributed by atoms with Gasteiger partial charge in [-0.15, -0.1) is 23.1 Å². The molecule has 0 atom stereocenters. The summed E-state index contributed by atoms with van der Waals surface area (Å²) in [6, 6.07) is 9.23. The molecule has 0 aliphatic carbocycles. The molecule has 0 aliphatic rings. The van der Waals surface area contributed by atoms with E-state index in [1.54, 1.807) is 6.20 Å². The maximum Gasteiger partial charge on any atom is 0.316 e. The summed E-state index contributed by atoms with van der Waals surface area (Å²) in [4.78, 5) is 29.0.